The van der Waals surface area contributed by atoms with Gasteiger partial charge in [-0.05, 0) is 44.0 Å². The van der Waals surface area contributed by atoms with Gasteiger partial charge in [0, 0.05) is 13.1 Å². The summed E-state index contributed by atoms with van der Waals surface area (Å²) in [5, 5.41) is 11.8. The first-order valence-electron chi connectivity index (χ1n) is 7.74. The van der Waals surface area contributed by atoms with Crippen molar-refractivity contribution in [1.82, 2.24) is 10.2 Å². The van der Waals surface area contributed by atoms with E-state index >= 15 is 0 Å². The van der Waals surface area contributed by atoms with Crippen molar-refractivity contribution in [3.05, 3.63) is 47.1 Å². The van der Waals surface area contributed by atoms with Crippen LogP contribution in [0.3, 0.4) is 0 Å². The van der Waals surface area contributed by atoms with Crippen LogP contribution in [0.25, 0.3) is 0 Å². The summed E-state index contributed by atoms with van der Waals surface area (Å²) in [7, 11) is 0. The lowest BCUT2D eigenvalue weighted by molar-refractivity contribution is -0.120. The summed E-state index contributed by atoms with van der Waals surface area (Å²) in [4.78, 5) is 14.6. The van der Waals surface area contributed by atoms with Gasteiger partial charge in [-0.15, -0.1) is 5.10 Å². The van der Waals surface area contributed by atoms with Gasteiger partial charge in [-0.2, -0.15) is 5.10 Å². The fourth-order valence-electron chi connectivity index (χ4n) is 2.76. The van der Waals surface area contributed by atoms with Crippen molar-refractivity contribution in [2.45, 2.75) is 19.8 Å². The number of carbonyl (C=O) groups is 1. The highest BCUT2D eigenvalue weighted by Crippen LogP contribution is 2.25. The molecule has 1 amide bonds. The Kier molecular flexibility index (Phi) is 4.76. The fraction of sp³-hybridized carbons (Fsp3) is 0.353. The molecule has 6 heteroatoms. The maximum Gasteiger partial charge on any atom is 0.229 e. The van der Waals surface area contributed by atoms with E-state index in [9.17, 15) is 4.79 Å². The van der Waals surface area contributed by atoms with Gasteiger partial charge in [0.2, 0.25) is 5.91 Å². The highest BCUT2D eigenvalue weighted by molar-refractivity contribution is 6.33. The quantitative estimate of drug-likeness (QED) is 0.938. The zero-order valence-electron chi connectivity index (χ0n) is 13.0. The van der Waals surface area contributed by atoms with Crippen molar-refractivity contribution in [2.24, 2.45) is 5.92 Å². The Bertz CT molecular complexity index is 689. The Balaban J connectivity index is 1.67. The molecule has 0 radical (unpaired) electrons. The molecule has 3 rings (SSSR count). The molecular formula is C17H19ClN4O. The van der Waals surface area contributed by atoms with Gasteiger partial charge in [0.15, 0.2) is 5.82 Å². The monoisotopic (exact) mass is 330 g/mol. The molecule has 0 saturated carbocycles. The van der Waals surface area contributed by atoms with Crippen molar-refractivity contribution in [2.75, 3.05) is 23.3 Å². The van der Waals surface area contributed by atoms with Crippen LogP contribution in [-0.4, -0.2) is 29.2 Å². The molecule has 1 atom stereocenters. The summed E-state index contributed by atoms with van der Waals surface area (Å²) >= 11 is 6.10. The van der Waals surface area contributed by atoms with Gasteiger partial charge >= 0.3 is 0 Å². The highest BCUT2D eigenvalue weighted by Gasteiger charge is 2.27. The van der Waals surface area contributed by atoms with E-state index in [0.717, 1.165) is 30.9 Å². The Labute approximate surface area is 140 Å². The Morgan fingerprint density at radius 2 is 2.09 bits per heavy atom. The molecule has 0 spiro atoms. The molecule has 1 aromatic heterocycles. The van der Waals surface area contributed by atoms with Crippen molar-refractivity contribution in [3.63, 3.8) is 0 Å². The summed E-state index contributed by atoms with van der Waals surface area (Å²) in [5.74, 6) is 0.747. The molecule has 1 aliphatic rings. The van der Waals surface area contributed by atoms with Crippen molar-refractivity contribution >= 4 is 29.0 Å². The molecule has 2 aromatic rings. The number of nitrogens with one attached hydrogen (secondary N) is 1. The van der Waals surface area contributed by atoms with E-state index < -0.39 is 0 Å². The zero-order chi connectivity index (χ0) is 16.2. The maximum atomic E-state index is 12.5. The minimum atomic E-state index is -0.0804. The molecule has 0 bridgehead atoms. The Morgan fingerprint density at radius 1 is 1.26 bits per heavy atom. The van der Waals surface area contributed by atoms with Gasteiger partial charge in [0.05, 0.1) is 22.3 Å². The second-order valence-electron chi connectivity index (χ2n) is 5.79. The maximum absolute atomic E-state index is 12.5. The SMILES string of the molecule is Cc1ccc(N2CCC[C@@H](C(=O)Nc3ccccc3Cl)C2)nn1. The van der Waals surface area contributed by atoms with Gasteiger partial charge in [-0.3, -0.25) is 4.79 Å². The minimum absolute atomic E-state index is 0.00266. The molecule has 120 valence electrons. The molecule has 1 fully saturated rings. The number of rotatable bonds is 3. The van der Waals surface area contributed by atoms with Crippen LogP contribution in [0.5, 0.6) is 0 Å². The lowest BCUT2D eigenvalue weighted by Gasteiger charge is -2.32. The average Bonchev–Trinajstić information content (AvgIpc) is 2.58. The fourth-order valence-corrected chi connectivity index (χ4v) is 2.94. The number of anilines is 2. The van der Waals surface area contributed by atoms with Crippen LogP contribution in [-0.2, 0) is 4.79 Å². The van der Waals surface area contributed by atoms with E-state index in [-0.39, 0.29) is 11.8 Å². The third-order valence-electron chi connectivity index (χ3n) is 4.03. The number of amides is 1. The predicted octanol–water partition coefficient (Wildman–Crippen LogP) is 3.29. The lowest BCUT2D eigenvalue weighted by Crippen LogP contribution is -2.41. The molecule has 1 aromatic carbocycles. The van der Waals surface area contributed by atoms with Crippen LogP contribution in [0.2, 0.25) is 5.02 Å². The van der Waals surface area contributed by atoms with Crippen LogP contribution in [0.4, 0.5) is 11.5 Å². The summed E-state index contributed by atoms with van der Waals surface area (Å²) in [5.41, 5.74) is 1.55. The van der Waals surface area contributed by atoms with Gasteiger partial charge in [-0.25, -0.2) is 0 Å². The summed E-state index contributed by atoms with van der Waals surface area (Å²) in [6, 6.07) is 11.2. The van der Waals surface area contributed by atoms with E-state index in [4.69, 9.17) is 11.6 Å². The molecule has 1 N–H and O–H groups in total. The van der Waals surface area contributed by atoms with Crippen LogP contribution in [0.15, 0.2) is 36.4 Å². The molecule has 0 aliphatic carbocycles. The molecule has 23 heavy (non-hydrogen) atoms. The first-order valence-corrected chi connectivity index (χ1v) is 8.12. The third kappa shape index (κ3) is 3.79. The number of carbonyl (C=O) groups excluding carboxylic acids is 1. The number of hydrogen-bond acceptors (Lipinski definition) is 4. The Morgan fingerprint density at radius 3 is 2.83 bits per heavy atom. The first-order chi connectivity index (χ1) is 11.1. The second kappa shape index (κ2) is 6.96. The number of halogens is 1. The van der Waals surface area contributed by atoms with Crippen LogP contribution >= 0.6 is 11.6 Å². The van der Waals surface area contributed by atoms with Gasteiger partial charge in [-0.1, -0.05) is 23.7 Å². The van der Waals surface area contributed by atoms with Crippen molar-refractivity contribution in [3.8, 4) is 0 Å². The van der Waals surface area contributed by atoms with E-state index in [0.29, 0.717) is 17.3 Å². The highest BCUT2D eigenvalue weighted by atomic mass is 35.5. The molecule has 2 heterocycles. The average molecular weight is 331 g/mol. The molecule has 5 nitrogen and oxygen atoms in total. The Hall–Kier alpha value is -2.14. The van der Waals surface area contributed by atoms with Gasteiger partial charge in [0.25, 0.3) is 0 Å². The van der Waals surface area contributed by atoms with E-state index in [1.165, 1.54) is 0 Å². The summed E-state index contributed by atoms with van der Waals surface area (Å²) in [6.07, 6.45) is 1.82. The third-order valence-corrected chi connectivity index (χ3v) is 4.36. The van der Waals surface area contributed by atoms with E-state index in [2.05, 4.69) is 20.4 Å². The number of nitrogens with zero attached hydrogens (tertiary/aromatic N) is 3. The molecule has 1 aliphatic heterocycles. The van der Waals surface area contributed by atoms with Gasteiger partial charge in [0.1, 0.15) is 0 Å². The van der Waals surface area contributed by atoms with E-state index in [1.807, 2.05) is 37.3 Å². The predicted molar refractivity (Wildman–Crippen MR) is 91.8 cm³/mol. The van der Waals surface area contributed by atoms with Crippen LogP contribution in [0, 0.1) is 12.8 Å². The zero-order valence-corrected chi connectivity index (χ0v) is 13.8. The van der Waals surface area contributed by atoms with Crippen molar-refractivity contribution < 1.29 is 4.79 Å². The number of aryl methyl sites for hydroxylation is 1. The smallest absolute Gasteiger partial charge is 0.229 e. The van der Waals surface area contributed by atoms with E-state index in [1.54, 1.807) is 6.07 Å². The van der Waals surface area contributed by atoms with Crippen molar-refractivity contribution in [1.29, 1.82) is 0 Å². The summed E-state index contributed by atoms with van der Waals surface area (Å²) in [6.45, 7) is 3.45. The summed E-state index contributed by atoms with van der Waals surface area (Å²) < 4.78 is 0. The van der Waals surface area contributed by atoms with Crippen LogP contribution < -0.4 is 10.2 Å². The molecule has 1 saturated heterocycles. The number of piperidine rings is 1. The topological polar surface area (TPSA) is 58.1 Å². The number of aromatic nitrogens is 2. The second-order valence-corrected chi connectivity index (χ2v) is 6.19. The van der Waals surface area contributed by atoms with Crippen LogP contribution in [0.1, 0.15) is 18.5 Å². The standard InChI is InChI=1S/C17H19ClN4O/c1-12-8-9-16(21-20-12)22-10-4-5-13(11-22)17(23)19-15-7-3-2-6-14(15)18/h2-3,6-9,13H,4-5,10-11H2,1H3,(H,19,23)/t13-/m1/s1. The molecular weight excluding hydrogens is 312 g/mol. The number of para-hydroxylation sites is 1. The minimum Gasteiger partial charge on any atom is -0.354 e. The molecule has 0 unspecified atom stereocenters. The van der Waals surface area contributed by atoms with Gasteiger partial charge < -0.3 is 10.2 Å². The lowest BCUT2D eigenvalue weighted by atomic mass is 9.97. The normalized spacial score (nSPS) is 17.8. The number of benzene rings is 1. The first kappa shape index (κ1) is 15.7. The largest absolute Gasteiger partial charge is 0.354 e. The number of hydrogen-bond donors (Lipinski definition) is 1.